The van der Waals surface area contributed by atoms with Gasteiger partial charge in [-0.2, -0.15) is 5.10 Å². The molecule has 1 fully saturated rings. The van der Waals surface area contributed by atoms with Gasteiger partial charge in [-0.15, -0.1) is 0 Å². The minimum Gasteiger partial charge on any atom is -0.307 e. The maximum Gasteiger partial charge on any atom is 0.194 e. The number of halogens is 1. The summed E-state index contributed by atoms with van der Waals surface area (Å²) in [5.41, 5.74) is 2.02. The van der Waals surface area contributed by atoms with Crippen LogP contribution in [0, 0.1) is 17.6 Å². The molecule has 0 amide bonds. The number of H-pyrrole nitrogens is 1. The van der Waals surface area contributed by atoms with E-state index in [0.29, 0.717) is 15.8 Å². The van der Waals surface area contributed by atoms with Crippen LogP contribution in [0.4, 0.5) is 0 Å². The Labute approximate surface area is 128 Å². The molecule has 6 heteroatoms. The first kappa shape index (κ1) is 13.8. The number of pyridine rings is 1. The summed E-state index contributed by atoms with van der Waals surface area (Å²) in [6.45, 7) is 4.23. The molecule has 1 aliphatic carbocycles. The van der Waals surface area contributed by atoms with Crippen LogP contribution in [0.2, 0.25) is 5.15 Å². The molecular formula is C14H17ClN4S. The van der Waals surface area contributed by atoms with E-state index in [2.05, 4.69) is 28.2 Å². The molecule has 0 aromatic carbocycles. The molecule has 1 saturated carbocycles. The summed E-state index contributed by atoms with van der Waals surface area (Å²) in [6.07, 6.45) is 2.11. The Morgan fingerprint density at radius 2 is 2.15 bits per heavy atom. The second-order valence-electron chi connectivity index (χ2n) is 5.83. The molecule has 2 aromatic rings. The number of hydrogen-bond acceptors (Lipinski definition) is 3. The van der Waals surface area contributed by atoms with Crippen molar-refractivity contribution in [1.82, 2.24) is 19.7 Å². The van der Waals surface area contributed by atoms with E-state index in [1.54, 1.807) is 0 Å². The highest BCUT2D eigenvalue weighted by molar-refractivity contribution is 7.71. The molecule has 1 N–H and O–H groups in total. The van der Waals surface area contributed by atoms with Crippen molar-refractivity contribution in [3.63, 3.8) is 0 Å². The number of aromatic nitrogens is 4. The van der Waals surface area contributed by atoms with Gasteiger partial charge in [0.15, 0.2) is 4.77 Å². The summed E-state index contributed by atoms with van der Waals surface area (Å²) in [5.74, 6) is 1.66. The number of rotatable bonds is 2. The van der Waals surface area contributed by atoms with E-state index in [0.717, 1.165) is 24.4 Å². The zero-order valence-electron chi connectivity index (χ0n) is 11.8. The molecule has 0 bridgehead atoms. The summed E-state index contributed by atoms with van der Waals surface area (Å²) in [5, 5.41) is 7.89. The number of nitrogens with zero attached hydrogens (tertiary/aromatic N) is 3. The standard InChI is InChI=1S/C14H17ClN4S/c1-8-6-14(7-8,12-17-18-13(20)19(12)3)10-4-9(2)16-11(15)5-10/h4-5,8H,6-7H2,1-3H3,(H,18,20). The monoisotopic (exact) mass is 308 g/mol. The molecule has 3 rings (SSSR count). The predicted octanol–water partition coefficient (Wildman–Crippen LogP) is 3.55. The van der Waals surface area contributed by atoms with Crippen LogP contribution in [0.3, 0.4) is 0 Å². The van der Waals surface area contributed by atoms with Gasteiger partial charge in [0.2, 0.25) is 0 Å². The third-order valence-corrected chi connectivity index (χ3v) is 4.74. The van der Waals surface area contributed by atoms with Crippen LogP contribution in [-0.4, -0.2) is 19.7 Å². The van der Waals surface area contributed by atoms with Crippen molar-refractivity contribution >= 4 is 23.8 Å². The maximum absolute atomic E-state index is 6.14. The first-order valence-corrected chi connectivity index (χ1v) is 7.47. The topological polar surface area (TPSA) is 46.5 Å². The molecule has 0 aliphatic heterocycles. The Kier molecular flexibility index (Phi) is 3.21. The Hall–Kier alpha value is -1.20. The number of aromatic amines is 1. The van der Waals surface area contributed by atoms with E-state index in [4.69, 9.17) is 23.8 Å². The van der Waals surface area contributed by atoms with Gasteiger partial charge in [0, 0.05) is 12.7 Å². The minimum atomic E-state index is -0.0981. The van der Waals surface area contributed by atoms with Crippen molar-refractivity contribution in [2.45, 2.75) is 32.1 Å². The molecule has 0 spiro atoms. The van der Waals surface area contributed by atoms with Crippen LogP contribution in [-0.2, 0) is 12.5 Å². The third-order valence-electron chi connectivity index (χ3n) is 4.18. The average Bonchev–Trinajstić information content (AvgIpc) is 2.65. The molecule has 0 unspecified atom stereocenters. The summed E-state index contributed by atoms with van der Waals surface area (Å²) in [6, 6.07) is 4.06. The van der Waals surface area contributed by atoms with Crippen molar-refractivity contribution in [3.8, 4) is 0 Å². The van der Waals surface area contributed by atoms with Crippen LogP contribution in [0.25, 0.3) is 0 Å². The second-order valence-corrected chi connectivity index (χ2v) is 6.60. The molecular weight excluding hydrogens is 292 g/mol. The summed E-state index contributed by atoms with van der Waals surface area (Å²) < 4.78 is 2.61. The van der Waals surface area contributed by atoms with E-state index >= 15 is 0 Å². The second kappa shape index (κ2) is 4.67. The third kappa shape index (κ3) is 2.00. The lowest BCUT2D eigenvalue weighted by Crippen LogP contribution is -2.43. The predicted molar refractivity (Wildman–Crippen MR) is 81.6 cm³/mol. The summed E-state index contributed by atoms with van der Waals surface area (Å²) >= 11 is 11.4. The van der Waals surface area contributed by atoms with E-state index < -0.39 is 0 Å². The van der Waals surface area contributed by atoms with Crippen LogP contribution < -0.4 is 0 Å². The maximum atomic E-state index is 6.14. The van der Waals surface area contributed by atoms with Crippen LogP contribution >= 0.6 is 23.8 Å². The zero-order valence-corrected chi connectivity index (χ0v) is 13.3. The van der Waals surface area contributed by atoms with Crippen molar-refractivity contribution in [1.29, 1.82) is 0 Å². The minimum absolute atomic E-state index is 0.0981. The smallest absolute Gasteiger partial charge is 0.194 e. The van der Waals surface area contributed by atoms with Crippen molar-refractivity contribution in [2.24, 2.45) is 13.0 Å². The molecule has 1 aliphatic rings. The quantitative estimate of drug-likeness (QED) is 0.681. The Bertz CT molecular complexity index is 692. The highest BCUT2D eigenvalue weighted by Gasteiger charge is 2.48. The van der Waals surface area contributed by atoms with Crippen molar-refractivity contribution in [3.05, 3.63) is 39.1 Å². The number of aryl methyl sites for hydroxylation is 1. The Morgan fingerprint density at radius 3 is 2.65 bits per heavy atom. The van der Waals surface area contributed by atoms with E-state index in [9.17, 15) is 0 Å². The van der Waals surface area contributed by atoms with Crippen LogP contribution in [0.15, 0.2) is 12.1 Å². The van der Waals surface area contributed by atoms with Gasteiger partial charge >= 0.3 is 0 Å². The van der Waals surface area contributed by atoms with E-state index in [1.807, 2.05) is 24.6 Å². The molecule has 0 saturated heterocycles. The molecule has 20 heavy (non-hydrogen) atoms. The first-order valence-electron chi connectivity index (χ1n) is 6.69. The largest absolute Gasteiger partial charge is 0.307 e. The average molecular weight is 309 g/mol. The van der Waals surface area contributed by atoms with Crippen LogP contribution in [0.1, 0.15) is 36.8 Å². The highest BCUT2D eigenvalue weighted by atomic mass is 35.5. The van der Waals surface area contributed by atoms with E-state index in [-0.39, 0.29) is 5.41 Å². The lowest BCUT2D eigenvalue weighted by atomic mass is 9.58. The lowest BCUT2D eigenvalue weighted by molar-refractivity contribution is 0.185. The van der Waals surface area contributed by atoms with Crippen molar-refractivity contribution in [2.75, 3.05) is 0 Å². The summed E-state index contributed by atoms with van der Waals surface area (Å²) in [7, 11) is 1.96. The molecule has 2 heterocycles. The molecule has 4 nitrogen and oxygen atoms in total. The Morgan fingerprint density at radius 1 is 1.45 bits per heavy atom. The zero-order chi connectivity index (χ0) is 14.5. The fourth-order valence-electron chi connectivity index (χ4n) is 3.36. The van der Waals surface area contributed by atoms with Gasteiger partial charge in [-0.3, -0.25) is 5.10 Å². The molecule has 106 valence electrons. The highest BCUT2D eigenvalue weighted by Crippen LogP contribution is 2.51. The van der Waals surface area contributed by atoms with Gasteiger partial charge in [-0.1, -0.05) is 18.5 Å². The van der Waals surface area contributed by atoms with Gasteiger partial charge < -0.3 is 4.57 Å². The molecule has 0 atom stereocenters. The van der Waals surface area contributed by atoms with E-state index in [1.165, 1.54) is 5.56 Å². The Balaban J connectivity index is 2.18. The van der Waals surface area contributed by atoms with Gasteiger partial charge in [-0.25, -0.2) is 4.98 Å². The van der Waals surface area contributed by atoms with Crippen LogP contribution in [0.5, 0.6) is 0 Å². The lowest BCUT2D eigenvalue weighted by Gasteiger charge is -2.46. The normalized spacial score (nSPS) is 25.5. The number of hydrogen-bond donors (Lipinski definition) is 1. The van der Waals surface area contributed by atoms with Gasteiger partial charge in [0.1, 0.15) is 11.0 Å². The molecule has 2 aromatic heterocycles. The summed E-state index contributed by atoms with van der Waals surface area (Å²) in [4.78, 5) is 4.26. The number of nitrogens with one attached hydrogen (secondary N) is 1. The fourth-order valence-corrected chi connectivity index (χ4v) is 3.74. The van der Waals surface area contributed by atoms with Gasteiger partial charge in [0.25, 0.3) is 0 Å². The fraction of sp³-hybridized carbons (Fsp3) is 0.500. The van der Waals surface area contributed by atoms with Gasteiger partial charge in [0.05, 0.1) is 5.41 Å². The SMILES string of the molecule is Cc1cc(C2(c3n[nH]c(=S)n3C)CC(C)C2)cc(Cl)n1. The van der Waals surface area contributed by atoms with Gasteiger partial charge in [-0.05, 0) is 55.6 Å². The molecule has 0 radical (unpaired) electrons. The first-order chi connectivity index (χ1) is 9.42. The van der Waals surface area contributed by atoms with Crippen molar-refractivity contribution < 1.29 is 0 Å².